The van der Waals surface area contributed by atoms with Gasteiger partial charge < -0.3 is 16.0 Å². The number of nitrogens with two attached hydrogens (primary N) is 1. The van der Waals surface area contributed by atoms with Crippen molar-refractivity contribution in [3.63, 3.8) is 0 Å². The monoisotopic (exact) mass is 357 g/mol. The van der Waals surface area contributed by atoms with E-state index < -0.39 is 0 Å². The van der Waals surface area contributed by atoms with Crippen LogP contribution in [0.3, 0.4) is 0 Å². The highest BCUT2D eigenvalue weighted by atomic mass is 79.9. The number of carbonyl (C=O) groups is 1. The fourth-order valence-corrected chi connectivity index (χ4v) is 2.77. The Morgan fingerprint density at radius 2 is 2.05 bits per heavy atom. The molecule has 0 aliphatic heterocycles. The molecule has 3 N–H and O–H groups in total. The molecule has 1 aromatic carbocycles. The number of anilines is 1. The minimum Gasteiger partial charge on any atom is -0.389 e. The molecule has 0 atom stereocenters. The number of nitrogens with one attached hydrogen (secondary N) is 1. The van der Waals surface area contributed by atoms with Gasteiger partial charge in [-0.1, -0.05) is 12.2 Å². The summed E-state index contributed by atoms with van der Waals surface area (Å²) in [7, 11) is 0. The first-order valence-electron chi connectivity index (χ1n) is 6.60. The third-order valence-electron chi connectivity index (χ3n) is 3.02. The molecule has 4 nitrogen and oxygen atoms in total. The molecule has 110 valence electrons. The van der Waals surface area contributed by atoms with Gasteiger partial charge in [0.25, 0.3) is 0 Å². The van der Waals surface area contributed by atoms with Crippen LogP contribution in [0.25, 0.3) is 0 Å². The molecule has 0 radical (unpaired) electrons. The Balaban J connectivity index is 2.53. The highest BCUT2D eigenvalue weighted by Crippen LogP contribution is 2.21. The van der Waals surface area contributed by atoms with Crippen molar-refractivity contribution in [1.29, 1.82) is 0 Å². The zero-order valence-corrected chi connectivity index (χ0v) is 14.2. The van der Waals surface area contributed by atoms with Crippen molar-refractivity contribution in [3.8, 4) is 0 Å². The first-order chi connectivity index (χ1) is 9.49. The Morgan fingerprint density at radius 3 is 2.55 bits per heavy atom. The summed E-state index contributed by atoms with van der Waals surface area (Å²) in [6, 6.07) is 5.68. The molecule has 0 saturated carbocycles. The molecular weight excluding hydrogens is 338 g/mol. The van der Waals surface area contributed by atoms with Crippen molar-refractivity contribution in [2.45, 2.75) is 20.3 Å². The standard InChI is InChI=1S/C14H20BrN3OS/c1-3-18(4-2)13(19)7-8-17-10-5-6-11(14(16)20)12(15)9-10/h5-6,9,17H,3-4,7-8H2,1-2H3,(H2,16,20). The van der Waals surface area contributed by atoms with Gasteiger partial charge >= 0.3 is 0 Å². The van der Waals surface area contributed by atoms with Gasteiger partial charge in [0.1, 0.15) is 4.99 Å². The largest absolute Gasteiger partial charge is 0.389 e. The van der Waals surface area contributed by atoms with Crippen LogP contribution < -0.4 is 11.1 Å². The lowest BCUT2D eigenvalue weighted by molar-refractivity contribution is -0.130. The Bertz CT molecular complexity index is 489. The number of amides is 1. The van der Waals surface area contributed by atoms with Crippen LogP contribution in [0.2, 0.25) is 0 Å². The summed E-state index contributed by atoms with van der Waals surface area (Å²) in [5, 5.41) is 3.22. The minimum absolute atomic E-state index is 0.168. The van der Waals surface area contributed by atoms with Crippen LogP contribution in [0.1, 0.15) is 25.8 Å². The van der Waals surface area contributed by atoms with Crippen LogP contribution in [0.5, 0.6) is 0 Å². The van der Waals surface area contributed by atoms with Crippen LogP contribution >= 0.6 is 28.1 Å². The molecule has 0 aromatic heterocycles. The minimum atomic E-state index is 0.168. The molecule has 0 aliphatic rings. The first kappa shape index (κ1) is 16.9. The number of hydrogen-bond acceptors (Lipinski definition) is 3. The second-order valence-electron chi connectivity index (χ2n) is 4.30. The molecule has 0 fully saturated rings. The van der Waals surface area contributed by atoms with Crippen molar-refractivity contribution in [1.82, 2.24) is 4.90 Å². The maximum absolute atomic E-state index is 11.8. The highest BCUT2D eigenvalue weighted by molar-refractivity contribution is 9.10. The number of halogens is 1. The van der Waals surface area contributed by atoms with E-state index in [9.17, 15) is 4.79 Å². The van der Waals surface area contributed by atoms with Crippen molar-refractivity contribution < 1.29 is 4.79 Å². The van der Waals surface area contributed by atoms with E-state index in [1.165, 1.54) is 0 Å². The number of rotatable bonds is 7. The maximum atomic E-state index is 11.8. The van der Waals surface area contributed by atoms with E-state index in [0.29, 0.717) is 18.0 Å². The SMILES string of the molecule is CCN(CC)C(=O)CCNc1ccc(C(N)=S)c(Br)c1. The van der Waals surface area contributed by atoms with E-state index in [0.717, 1.165) is 28.8 Å². The van der Waals surface area contributed by atoms with Gasteiger partial charge in [0.05, 0.1) is 0 Å². The van der Waals surface area contributed by atoms with E-state index in [2.05, 4.69) is 21.2 Å². The molecule has 1 aromatic rings. The summed E-state index contributed by atoms with van der Waals surface area (Å²) >= 11 is 8.38. The topological polar surface area (TPSA) is 58.4 Å². The second kappa shape index (κ2) is 8.21. The second-order valence-corrected chi connectivity index (χ2v) is 5.60. The molecule has 0 unspecified atom stereocenters. The zero-order chi connectivity index (χ0) is 15.1. The Labute approximate surface area is 133 Å². The summed E-state index contributed by atoms with van der Waals surface area (Å²) in [4.78, 5) is 14.0. The normalized spacial score (nSPS) is 10.2. The molecule has 0 aliphatic carbocycles. The molecule has 0 heterocycles. The van der Waals surface area contributed by atoms with Crippen LogP contribution in [0, 0.1) is 0 Å². The Morgan fingerprint density at radius 1 is 1.40 bits per heavy atom. The molecule has 0 bridgehead atoms. The van der Waals surface area contributed by atoms with E-state index >= 15 is 0 Å². The fraction of sp³-hybridized carbons (Fsp3) is 0.429. The summed E-state index contributed by atoms with van der Waals surface area (Å²) in [5.74, 6) is 0.168. The number of nitrogens with zero attached hydrogens (tertiary/aromatic N) is 1. The van der Waals surface area contributed by atoms with E-state index in [4.69, 9.17) is 18.0 Å². The molecular formula is C14H20BrN3OS. The average Bonchev–Trinajstić information content (AvgIpc) is 2.39. The quantitative estimate of drug-likeness (QED) is 0.736. The Kier molecular flexibility index (Phi) is 6.95. The Hall–Kier alpha value is -1.14. The van der Waals surface area contributed by atoms with Crippen LogP contribution in [-0.2, 0) is 4.79 Å². The number of benzene rings is 1. The smallest absolute Gasteiger partial charge is 0.224 e. The molecule has 6 heteroatoms. The molecule has 1 rings (SSSR count). The summed E-state index contributed by atoms with van der Waals surface area (Å²) in [5.41, 5.74) is 7.34. The van der Waals surface area contributed by atoms with E-state index in [1.807, 2.05) is 36.9 Å². The van der Waals surface area contributed by atoms with Gasteiger partial charge in [0, 0.05) is 41.8 Å². The molecule has 0 saturated heterocycles. The lowest BCUT2D eigenvalue weighted by atomic mass is 10.2. The summed E-state index contributed by atoms with van der Waals surface area (Å²) < 4.78 is 0.852. The van der Waals surface area contributed by atoms with Gasteiger partial charge in [-0.2, -0.15) is 0 Å². The van der Waals surface area contributed by atoms with Crippen molar-refractivity contribution in [2.75, 3.05) is 25.0 Å². The summed E-state index contributed by atoms with van der Waals surface area (Å²) in [6.07, 6.45) is 0.482. The molecule has 20 heavy (non-hydrogen) atoms. The predicted molar refractivity (Wildman–Crippen MR) is 91.1 cm³/mol. The van der Waals surface area contributed by atoms with Gasteiger partial charge in [0.15, 0.2) is 0 Å². The third-order valence-corrected chi connectivity index (χ3v) is 3.89. The van der Waals surface area contributed by atoms with Crippen LogP contribution in [-0.4, -0.2) is 35.4 Å². The van der Waals surface area contributed by atoms with Crippen LogP contribution in [0.15, 0.2) is 22.7 Å². The van der Waals surface area contributed by atoms with Crippen molar-refractivity contribution >= 4 is 44.7 Å². The maximum Gasteiger partial charge on any atom is 0.224 e. The zero-order valence-electron chi connectivity index (χ0n) is 11.8. The molecule has 0 spiro atoms. The van der Waals surface area contributed by atoms with Gasteiger partial charge in [-0.15, -0.1) is 0 Å². The molecule has 1 amide bonds. The fourth-order valence-electron chi connectivity index (χ4n) is 1.87. The van der Waals surface area contributed by atoms with Crippen molar-refractivity contribution in [3.05, 3.63) is 28.2 Å². The van der Waals surface area contributed by atoms with Crippen molar-refractivity contribution in [2.24, 2.45) is 5.73 Å². The van der Waals surface area contributed by atoms with Crippen LogP contribution in [0.4, 0.5) is 5.69 Å². The van der Waals surface area contributed by atoms with Gasteiger partial charge in [0.2, 0.25) is 5.91 Å². The number of carbonyl (C=O) groups excluding carboxylic acids is 1. The lowest BCUT2D eigenvalue weighted by Gasteiger charge is -2.18. The third kappa shape index (κ3) is 4.76. The van der Waals surface area contributed by atoms with Gasteiger partial charge in [-0.05, 0) is 48.0 Å². The van der Waals surface area contributed by atoms with E-state index in [-0.39, 0.29) is 5.91 Å². The lowest BCUT2D eigenvalue weighted by Crippen LogP contribution is -2.31. The van der Waals surface area contributed by atoms with Gasteiger partial charge in [-0.25, -0.2) is 0 Å². The summed E-state index contributed by atoms with van der Waals surface area (Å²) in [6.45, 7) is 6.09. The average molecular weight is 358 g/mol. The van der Waals surface area contributed by atoms with Gasteiger partial charge in [-0.3, -0.25) is 4.79 Å². The highest BCUT2D eigenvalue weighted by Gasteiger charge is 2.09. The number of thiocarbonyl (C=S) groups is 1. The van der Waals surface area contributed by atoms with E-state index in [1.54, 1.807) is 0 Å². The predicted octanol–water partition coefficient (Wildman–Crippen LogP) is 2.75. The number of hydrogen-bond donors (Lipinski definition) is 2. The first-order valence-corrected chi connectivity index (χ1v) is 7.80.